The van der Waals surface area contributed by atoms with Crippen molar-refractivity contribution in [3.8, 4) is 23.6 Å². The summed E-state index contributed by atoms with van der Waals surface area (Å²) in [5, 5.41) is 7.65. The van der Waals surface area contributed by atoms with Gasteiger partial charge in [0.1, 0.15) is 0 Å². The van der Waals surface area contributed by atoms with Crippen LogP contribution in [0.15, 0.2) is 36.4 Å². The summed E-state index contributed by atoms with van der Waals surface area (Å²) in [6.45, 7) is 3.31. The summed E-state index contributed by atoms with van der Waals surface area (Å²) < 4.78 is 0. The Bertz CT molecular complexity index is 777. The van der Waals surface area contributed by atoms with Crippen molar-refractivity contribution in [2.24, 2.45) is 0 Å². The molecule has 1 aromatic carbocycles. The molecule has 2 atom stereocenters. The van der Waals surface area contributed by atoms with Gasteiger partial charge in [-0.3, -0.25) is 14.8 Å². The molecule has 1 amide bonds. The zero-order valence-electron chi connectivity index (χ0n) is 15.5. The van der Waals surface area contributed by atoms with Gasteiger partial charge >= 0.3 is 0 Å². The number of likely N-dealkylation sites (tertiary alicyclic amines) is 1. The van der Waals surface area contributed by atoms with E-state index in [1.165, 1.54) is 0 Å². The molecule has 1 fully saturated rings. The summed E-state index contributed by atoms with van der Waals surface area (Å²) in [5.74, 6) is 2.75. The Morgan fingerprint density at radius 2 is 2.15 bits per heavy atom. The van der Waals surface area contributed by atoms with Gasteiger partial charge in [-0.2, -0.15) is 5.10 Å². The number of nitrogens with one attached hydrogen (secondary N) is 1. The first kappa shape index (κ1) is 18.2. The van der Waals surface area contributed by atoms with Gasteiger partial charge in [-0.25, -0.2) is 0 Å². The molecule has 1 N–H and O–H groups in total. The molecular weight excluding hydrogens is 324 g/mol. The van der Waals surface area contributed by atoms with Crippen LogP contribution in [0.3, 0.4) is 0 Å². The number of benzene rings is 1. The maximum atomic E-state index is 12.2. The van der Waals surface area contributed by atoms with E-state index in [9.17, 15) is 4.79 Å². The fourth-order valence-corrected chi connectivity index (χ4v) is 3.55. The highest BCUT2D eigenvalue weighted by molar-refractivity contribution is 5.76. The summed E-state index contributed by atoms with van der Waals surface area (Å²) in [5.41, 5.74) is 3.15. The van der Waals surface area contributed by atoms with Gasteiger partial charge in [-0.05, 0) is 32.9 Å². The quantitative estimate of drug-likeness (QED) is 0.843. The second-order valence-corrected chi connectivity index (χ2v) is 6.92. The Hall–Kier alpha value is -2.58. The molecule has 5 nitrogen and oxygen atoms in total. The second kappa shape index (κ2) is 8.20. The SMILES string of the molecule is C#CCN1CCC(N(C)C(C)c2cc(-c3ccccc3)n[nH]2)CCC1=O. The smallest absolute Gasteiger partial charge is 0.223 e. The molecule has 1 aliphatic heterocycles. The van der Waals surface area contributed by atoms with E-state index in [1.54, 1.807) is 4.90 Å². The summed E-state index contributed by atoms with van der Waals surface area (Å²) in [7, 11) is 2.12. The number of hydrogen-bond donors (Lipinski definition) is 1. The predicted octanol–water partition coefficient (Wildman–Crippen LogP) is 3.08. The van der Waals surface area contributed by atoms with Gasteiger partial charge in [-0.1, -0.05) is 36.3 Å². The monoisotopic (exact) mass is 350 g/mol. The van der Waals surface area contributed by atoms with Crippen molar-refractivity contribution in [3.05, 3.63) is 42.1 Å². The van der Waals surface area contributed by atoms with E-state index in [0.717, 1.165) is 36.3 Å². The van der Waals surface area contributed by atoms with Gasteiger partial charge in [0.2, 0.25) is 5.91 Å². The highest BCUT2D eigenvalue weighted by Crippen LogP contribution is 2.27. The van der Waals surface area contributed by atoms with Crippen molar-refractivity contribution in [1.29, 1.82) is 0 Å². The van der Waals surface area contributed by atoms with Crippen molar-refractivity contribution in [3.63, 3.8) is 0 Å². The summed E-state index contributed by atoms with van der Waals surface area (Å²) in [4.78, 5) is 16.3. The second-order valence-electron chi connectivity index (χ2n) is 6.92. The van der Waals surface area contributed by atoms with Gasteiger partial charge in [0.25, 0.3) is 0 Å². The van der Waals surface area contributed by atoms with E-state index >= 15 is 0 Å². The first-order chi connectivity index (χ1) is 12.6. The van der Waals surface area contributed by atoms with Crippen LogP contribution in [0.4, 0.5) is 0 Å². The van der Waals surface area contributed by atoms with Crippen molar-refractivity contribution in [2.45, 2.75) is 38.3 Å². The number of H-pyrrole nitrogens is 1. The van der Waals surface area contributed by atoms with E-state index in [0.29, 0.717) is 19.0 Å². The van der Waals surface area contributed by atoms with E-state index < -0.39 is 0 Å². The number of carbonyl (C=O) groups excluding carboxylic acids is 1. The van der Waals surface area contributed by atoms with Gasteiger partial charge in [-0.15, -0.1) is 6.42 Å². The van der Waals surface area contributed by atoms with Gasteiger partial charge in [0, 0.05) is 30.6 Å². The zero-order valence-corrected chi connectivity index (χ0v) is 15.5. The van der Waals surface area contributed by atoms with Crippen LogP contribution in [0.2, 0.25) is 0 Å². The normalized spacial score (nSPS) is 19.2. The molecule has 2 heterocycles. The van der Waals surface area contributed by atoms with Crippen LogP contribution in [0.1, 0.15) is 37.9 Å². The standard InChI is InChI=1S/C21H26N4O/c1-4-13-25-14-12-18(10-11-21(25)26)24(3)16(2)19-15-20(23-22-19)17-8-6-5-7-9-17/h1,5-9,15-16,18H,10-14H2,2-3H3,(H,22,23). The van der Waals surface area contributed by atoms with Crippen molar-refractivity contribution in [2.75, 3.05) is 20.1 Å². The van der Waals surface area contributed by atoms with Crippen molar-refractivity contribution in [1.82, 2.24) is 20.0 Å². The third-order valence-electron chi connectivity index (χ3n) is 5.36. The number of aromatic nitrogens is 2. The van der Waals surface area contributed by atoms with Crippen LogP contribution in [0.5, 0.6) is 0 Å². The van der Waals surface area contributed by atoms with Gasteiger partial charge in [0.15, 0.2) is 0 Å². The number of rotatable bonds is 5. The number of nitrogens with zero attached hydrogens (tertiary/aromatic N) is 3. The van der Waals surface area contributed by atoms with Crippen molar-refractivity contribution < 1.29 is 4.79 Å². The predicted molar refractivity (Wildman–Crippen MR) is 103 cm³/mol. The molecular formula is C21H26N4O. The lowest BCUT2D eigenvalue weighted by Gasteiger charge is -2.31. The number of terminal acetylenes is 1. The average Bonchev–Trinajstić information content (AvgIpc) is 3.09. The molecule has 0 bridgehead atoms. The maximum absolute atomic E-state index is 12.2. The molecule has 3 rings (SSSR count). The van der Waals surface area contributed by atoms with Crippen LogP contribution in [0, 0.1) is 12.3 Å². The van der Waals surface area contributed by atoms with Gasteiger partial charge < -0.3 is 4.90 Å². The summed E-state index contributed by atoms with van der Waals surface area (Å²) >= 11 is 0. The highest BCUT2D eigenvalue weighted by Gasteiger charge is 2.27. The Labute approximate surface area is 155 Å². The fraction of sp³-hybridized carbons (Fsp3) is 0.429. The first-order valence-electron chi connectivity index (χ1n) is 9.14. The molecule has 136 valence electrons. The maximum Gasteiger partial charge on any atom is 0.223 e. The van der Waals surface area contributed by atoms with Crippen molar-refractivity contribution >= 4 is 5.91 Å². The zero-order chi connectivity index (χ0) is 18.5. The van der Waals surface area contributed by atoms with E-state index in [-0.39, 0.29) is 11.9 Å². The van der Waals surface area contributed by atoms with E-state index in [2.05, 4.69) is 53.2 Å². The number of hydrogen-bond acceptors (Lipinski definition) is 3. The van der Waals surface area contributed by atoms with E-state index in [1.807, 2.05) is 18.2 Å². The third kappa shape index (κ3) is 3.97. The number of amides is 1. The first-order valence-corrected chi connectivity index (χ1v) is 9.14. The molecule has 1 aromatic heterocycles. The molecule has 0 radical (unpaired) electrons. The minimum absolute atomic E-state index is 0.166. The minimum atomic E-state index is 0.166. The molecule has 2 unspecified atom stereocenters. The largest absolute Gasteiger partial charge is 0.332 e. The highest BCUT2D eigenvalue weighted by atomic mass is 16.2. The molecule has 26 heavy (non-hydrogen) atoms. The average molecular weight is 350 g/mol. The van der Waals surface area contributed by atoms with Gasteiger partial charge in [0.05, 0.1) is 17.9 Å². The summed E-state index contributed by atoms with van der Waals surface area (Å²) in [6.07, 6.45) is 7.73. The fourth-order valence-electron chi connectivity index (χ4n) is 3.55. The number of carbonyl (C=O) groups is 1. The molecule has 0 saturated carbocycles. The molecule has 1 saturated heterocycles. The Morgan fingerprint density at radius 3 is 2.88 bits per heavy atom. The van der Waals surface area contributed by atoms with Crippen LogP contribution < -0.4 is 0 Å². The third-order valence-corrected chi connectivity index (χ3v) is 5.36. The molecule has 5 heteroatoms. The van der Waals surface area contributed by atoms with E-state index in [4.69, 9.17) is 6.42 Å². The topological polar surface area (TPSA) is 52.2 Å². The Balaban J connectivity index is 1.68. The number of aromatic amines is 1. The minimum Gasteiger partial charge on any atom is -0.332 e. The Morgan fingerprint density at radius 1 is 1.38 bits per heavy atom. The summed E-state index contributed by atoms with van der Waals surface area (Å²) in [6, 6.07) is 12.8. The van der Waals surface area contributed by atoms with Crippen LogP contribution in [-0.2, 0) is 4.79 Å². The van der Waals surface area contributed by atoms with Crippen LogP contribution in [-0.4, -0.2) is 52.1 Å². The van der Waals surface area contributed by atoms with Crippen LogP contribution >= 0.6 is 0 Å². The lowest BCUT2D eigenvalue weighted by Crippen LogP contribution is -2.35. The lowest BCUT2D eigenvalue weighted by atomic mass is 10.0. The molecule has 0 spiro atoms. The molecule has 2 aromatic rings. The Kier molecular flexibility index (Phi) is 5.75. The molecule has 1 aliphatic rings. The molecule has 0 aliphatic carbocycles. The van der Waals surface area contributed by atoms with Crippen LogP contribution in [0.25, 0.3) is 11.3 Å². The lowest BCUT2D eigenvalue weighted by molar-refractivity contribution is -0.130.